The molecule has 0 rings (SSSR count). The Bertz CT molecular complexity index is 59.3. The summed E-state index contributed by atoms with van der Waals surface area (Å²) < 4.78 is 25.7. The zero-order valence-corrected chi connectivity index (χ0v) is 12.1. The van der Waals surface area contributed by atoms with Crippen LogP contribution < -0.4 is 33.6 Å². The van der Waals surface area contributed by atoms with Crippen molar-refractivity contribution in [2.45, 2.75) is 0 Å². The molecule has 0 bridgehead atoms. The summed E-state index contributed by atoms with van der Waals surface area (Å²) in [6.07, 6.45) is 0. The van der Waals surface area contributed by atoms with Gasteiger partial charge in [-0.05, 0) is 0 Å². The van der Waals surface area contributed by atoms with Crippen molar-refractivity contribution in [1.82, 2.24) is 0 Å². The molecule has 0 spiro atoms. The Balaban J connectivity index is -0.000000000577. The van der Waals surface area contributed by atoms with Crippen LogP contribution in [0.1, 0.15) is 0 Å². The summed E-state index contributed by atoms with van der Waals surface area (Å²) in [5.41, 5.74) is 0. The molecule has 15 nitrogen and oxygen atoms in total. The monoisotopic (exact) mass is 338 g/mol. The molecule has 0 aliphatic heterocycles. The van der Waals surface area contributed by atoms with Crippen LogP contribution in [0.3, 0.4) is 0 Å². The summed E-state index contributed by atoms with van der Waals surface area (Å²) >= 11 is -3.94. The Morgan fingerprint density at radius 1 is 0.471 bits per heavy atom. The first-order valence-corrected chi connectivity index (χ1v) is 2.26. The fourth-order valence-electron chi connectivity index (χ4n) is 0. The molecule has 0 radical (unpaired) electrons. The number of hydrogen-bond donors (Lipinski definition) is 0. The van der Waals surface area contributed by atoms with E-state index in [0.717, 1.165) is 0 Å². The van der Waals surface area contributed by atoms with Crippen LogP contribution in [0, 0.1) is 0 Å². The van der Waals surface area contributed by atoms with E-state index in [1.807, 2.05) is 0 Å². The van der Waals surface area contributed by atoms with Gasteiger partial charge in [0.1, 0.15) is 0 Å². The summed E-state index contributed by atoms with van der Waals surface area (Å²) in [5.74, 6) is 0. The SMILES string of the molecule is O.O.O.O.O.O.O.O.O.O.O.O.[Na+].[O]=[V](=[O])[O-]. The Morgan fingerprint density at radius 3 is 0.471 bits per heavy atom. The molecule has 17 heteroatoms. The standard InChI is InChI=1S/Na.12H2O.3O.V/h;12*1H2;;;;/q+1;;;;;;;;;;;;;;;-1;. The predicted molar refractivity (Wildman–Crippen MR) is 44.7 cm³/mol. The Morgan fingerprint density at radius 2 is 0.471 bits per heavy atom. The molecule has 0 aromatic carbocycles. The van der Waals surface area contributed by atoms with Crippen molar-refractivity contribution in [2.24, 2.45) is 0 Å². The van der Waals surface area contributed by atoms with Crippen LogP contribution in [0.5, 0.6) is 0 Å². The van der Waals surface area contributed by atoms with Crippen LogP contribution in [0.25, 0.3) is 0 Å². The molecular weight excluding hydrogens is 314 g/mol. The van der Waals surface area contributed by atoms with Crippen LogP contribution in [0.15, 0.2) is 0 Å². The molecular formula is H24NaO15V. The van der Waals surface area contributed by atoms with Gasteiger partial charge in [-0.3, -0.25) is 0 Å². The predicted octanol–water partition coefficient (Wildman–Crippen LogP) is -14.3. The maximum absolute atomic E-state index is 8.56. The van der Waals surface area contributed by atoms with E-state index in [0.29, 0.717) is 0 Å². The van der Waals surface area contributed by atoms with Crippen molar-refractivity contribution >= 4 is 0 Å². The second-order valence-electron chi connectivity index (χ2n) is 0.224. The van der Waals surface area contributed by atoms with E-state index in [2.05, 4.69) is 0 Å². The van der Waals surface area contributed by atoms with Crippen LogP contribution in [0.4, 0.5) is 0 Å². The molecule has 0 saturated carbocycles. The minimum absolute atomic E-state index is 0. The molecule has 0 atom stereocenters. The molecule has 0 aliphatic carbocycles. The summed E-state index contributed by atoms with van der Waals surface area (Å²) in [4.78, 5) is 0. The van der Waals surface area contributed by atoms with Gasteiger partial charge in [-0.25, -0.2) is 0 Å². The van der Waals surface area contributed by atoms with Crippen molar-refractivity contribution in [3.05, 3.63) is 0 Å². The van der Waals surface area contributed by atoms with Gasteiger partial charge in [0.2, 0.25) is 0 Å². The Hall–Kier alpha value is 0.664. The molecule has 0 unspecified atom stereocenters. The quantitative estimate of drug-likeness (QED) is 0.388. The topological polar surface area (TPSA) is 435 Å². The summed E-state index contributed by atoms with van der Waals surface area (Å²) in [6, 6.07) is 0. The van der Waals surface area contributed by atoms with Crippen molar-refractivity contribution in [2.75, 3.05) is 0 Å². The van der Waals surface area contributed by atoms with Gasteiger partial charge in [0.15, 0.2) is 0 Å². The minimum atomic E-state index is -3.94. The van der Waals surface area contributed by atoms with E-state index >= 15 is 0 Å². The van der Waals surface area contributed by atoms with E-state index in [4.69, 9.17) is 11.4 Å². The van der Waals surface area contributed by atoms with Gasteiger partial charge in [-0.15, -0.1) is 0 Å². The molecule has 0 fully saturated rings. The van der Waals surface area contributed by atoms with Crippen LogP contribution in [-0.4, -0.2) is 65.7 Å². The van der Waals surface area contributed by atoms with Crippen LogP contribution in [0.2, 0.25) is 0 Å². The molecule has 0 aromatic heterocycles. The second-order valence-corrected chi connectivity index (χ2v) is 0.922. The zero-order valence-electron chi connectivity index (χ0n) is 8.67. The number of hydrogen-bond acceptors (Lipinski definition) is 3. The van der Waals surface area contributed by atoms with Crippen LogP contribution in [-0.2, 0) is 22.7 Å². The van der Waals surface area contributed by atoms with E-state index < -0.39 is 15.4 Å². The maximum atomic E-state index is 8.56. The normalized spacial score (nSPS) is 1.47. The van der Waals surface area contributed by atoms with Gasteiger partial charge in [0, 0.05) is 0 Å². The molecule has 0 heterocycles. The summed E-state index contributed by atoms with van der Waals surface area (Å²) in [5, 5.41) is 0. The molecule has 120 valence electrons. The average molecular weight is 338 g/mol. The third-order valence-electron chi connectivity index (χ3n) is 0. The molecule has 0 aromatic rings. The zero-order chi connectivity index (χ0) is 3.58. The molecule has 24 N–H and O–H groups in total. The number of rotatable bonds is 0. The molecule has 0 saturated heterocycles. The van der Waals surface area contributed by atoms with Gasteiger partial charge < -0.3 is 65.7 Å². The first kappa shape index (κ1) is 365. The van der Waals surface area contributed by atoms with Crippen LogP contribution >= 0.6 is 0 Å². The van der Waals surface area contributed by atoms with Crippen molar-refractivity contribution in [3.8, 4) is 0 Å². The van der Waals surface area contributed by atoms with Crippen molar-refractivity contribution < 1.29 is 122 Å². The van der Waals surface area contributed by atoms with Crippen molar-refractivity contribution in [3.63, 3.8) is 0 Å². The second kappa shape index (κ2) is 305. The fourth-order valence-corrected chi connectivity index (χ4v) is 0. The van der Waals surface area contributed by atoms with Crippen molar-refractivity contribution in [1.29, 1.82) is 0 Å². The summed E-state index contributed by atoms with van der Waals surface area (Å²) in [6.45, 7) is 0. The molecule has 17 heavy (non-hydrogen) atoms. The van der Waals surface area contributed by atoms with Gasteiger partial charge in [-0.1, -0.05) is 0 Å². The Kier molecular flexibility index (Phi) is 6540. The molecule has 0 aliphatic rings. The van der Waals surface area contributed by atoms with Gasteiger partial charge in [-0.2, -0.15) is 0 Å². The van der Waals surface area contributed by atoms with Gasteiger partial charge in [0.05, 0.1) is 0 Å². The average Bonchev–Trinajstić information content (AvgIpc) is 0.811. The third kappa shape index (κ3) is 8120. The van der Waals surface area contributed by atoms with Gasteiger partial charge >= 0.3 is 56.3 Å². The van der Waals surface area contributed by atoms with Gasteiger partial charge in [0.25, 0.3) is 0 Å². The molecule has 0 amide bonds. The van der Waals surface area contributed by atoms with E-state index in [9.17, 15) is 0 Å². The first-order valence-electron chi connectivity index (χ1n) is 0.548. The summed E-state index contributed by atoms with van der Waals surface area (Å²) in [7, 11) is 0. The van der Waals surface area contributed by atoms with E-state index in [-0.39, 0.29) is 95.3 Å². The fraction of sp³-hybridized carbons (Fsp3) is 0. The first-order chi connectivity index (χ1) is 1.73. The van der Waals surface area contributed by atoms with E-state index in [1.54, 1.807) is 0 Å². The van der Waals surface area contributed by atoms with E-state index in [1.165, 1.54) is 0 Å². The Labute approximate surface area is 122 Å². The third-order valence-corrected chi connectivity index (χ3v) is 0.